The van der Waals surface area contributed by atoms with Crippen molar-refractivity contribution in [3.05, 3.63) is 72.1 Å². The van der Waals surface area contributed by atoms with E-state index in [0.717, 1.165) is 20.1 Å². The number of allylic oxidation sites excluding steroid dienone is 1. The predicted octanol–water partition coefficient (Wildman–Crippen LogP) is 5.49. The molecule has 2 aromatic carbocycles. The Morgan fingerprint density at radius 1 is 1.23 bits per heavy atom. The zero-order valence-electron chi connectivity index (χ0n) is 11.5. The molecule has 0 radical (unpaired) electrons. The van der Waals surface area contributed by atoms with Crippen molar-refractivity contribution in [3.8, 4) is 6.07 Å². The molecular weight excluding hydrogens is 412 g/mol. The maximum Gasteiger partial charge on any atom is 0.269 e. The molecular formula is C16H10Br2N2O2. The summed E-state index contributed by atoms with van der Waals surface area (Å²) in [5.41, 5.74) is 3.02. The first-order valence-corrected chi connectivity index (χ1v) is 7.83. The zero-order valence-corrected chi connectivity index (χ0v) is 14.7. The summed E-state index contributed by atoms with van der Waals surface area (Å²) in [7, 11) is 0. The SMILES string of the molecule is Cc1c(Br)cc(/C=C(/C#N)c2ccc([N+](=O)[O-])cc2)cc1Br. The van der Waals surface area contributed by atoms with E-state index < -0.39 is 4.92 Å². The number of nitro groups is 1. The van der Waals surface area contributed by atoms with E-state index in [2.05, 4.69) is 37.9 Å². The topological polar surface area (TPSA) is 66.9 Å². The maximum absolute atomic E-state index is 10.7. The van der Waals surface area contributed by atoms with Crippen LogP contribution in [0.15, 0.2) is 45.3 Å². The highest BCUT2D eigenvalue weighted by Gasteiger charge is 2.08. The summed E-state index contributed by atoms with van der Waals surface area (Å²) in [6, 6.07) is 11.9. The van der Waals surface area contributed by atoms with Crippen LogP contribution in [0.1, 0.15) is 16.7 Å². The molecule has 0 saturated carbocycles. The maximum atomic E-state index is 10.7. The Bertz CT molecular complexity index is 783. The van der Waals surface area contributed by atoms with E-state index in [9.17, 15) is 15.4 Å². The number of hydrogen-bond acceptors (Lipinski definition) is 3. The van der Waals surface area contributed by atoms with Crippen LogP contribution in [0.2, 0.25) is 0 Å². The van der Waals surface area contributed by atoms with Crippen LogP contribution in [0.4, 0.5) is 5.69 Å². The predicted molar refractivity (Wildman–Crippen MR) is 93.2 cm³/mol. The number of halogens is 2. The molecule has 0 aliphatic rings. The lowest BCUT2D eigenvalue weighted by Gasteiger charge is -2.05. The van der Waals surface area contributed by atoms with E-state index in [1.54, 1.807) is 18.2 Å². The minimum atomic E-state index is -0.465. The van der Waals surface area contributed by atoms with Crippen molar-refractivity contribution in [2.24, 2.45) is 0 Å². The van der Waals surface area contributed by atoms with Gasteiger partial charge in [0.15, 0.2) is 0 Å². The highest BCUT2D eigenvalue weighted by molar-refractivity contribution is 9.11. The first-order valence-electron chi connectivity index (χ1n) is 6.24. The fourth-order valence-corrected chi connectivity index (χ4v) is 3.08. The van der Waals surface area contributed by atoms with Crippen LogP contribution in [-0.2, 0) is 0 Å². The second kappa shape index (κ2) is 6.86. The van der Waals surface area contributed by atoms with E-state index in [1.165, 1.54) is 12.1 Å². The molecule has 0 aliphatic heterocycles. The van der Waals surface area contributed by atoms with Crippen LogP contribution in [0.25, 0.3) is 11.6 Å². The Morgan fingerprint density at radius 3 is 2.23 bits per heavy atom. The van der Waals surface area contributed by atoms with Crippen LogP contribution in [0, 0.1) is 28.4 Å². The van der Waals surface area contributed by atoms with E-state index in [1.807, 2.05) is 19.1 Å². The summed E-state index contributed by atoms with van der Waals surface area (Å²) in [6.45, 7) is 1.98. The van der Waals surface area contributed by atoms with Gasteiger partial charge >= 0.3 is 0 Å². The van der Waals surface area contributed by atoms with Crippen LogP contribution in [-0.4, -0.2) is 4.92 Å². The second-order valence-corrected chi connectivity index (χ2v) is 6.29. The molecule has 2 rings (SSSR count). The molecule has 0 bridgehead atoms. The molecule has 0 heterocycles. The standard InChI is InChI=1S/C16H10Br2N2O2/c1-10-15(17)7-11(8-16(10)18)6-13(9-19)12-2-4-14(5-3-12)20(21)22/h2-8H,1H3/b13-6-. The minimum Gasteiger partial charge on any atom is -0.258 e. The zero-order chi connectivity index (χ0) is 16.3. The first kappa shape index (κ1) is 16.4. The lowest BCUT2D eigenvalue weighted by atomic mass is 10.0. The van der Waals surface area contributed by atoms with E-state index in [4.69, 9.17) is 0 Å². The van der Waals surface area contributed by atoms with Crippen molar-refractivity contribution in [2.45, 2.75) is 6.92 Å². The summed E-state index contributed by atoms with van der Waals surface area (Å²) < 4.78 is 1.88. The molecule has 0 N–H and O–H groups in total. The molecule has 22 heavy (non-hydrogen) atoms. The summed E-state index contributed by atoms with van der Waals surface area (Å²) in [4.78, 5) is 10.2. The third-order valence-electron chi connectivity index (χ3n) is 3.12. The Balaban J connectivity index is 2.44. The number of non-ortho nitro benzene ring substituents is 1. The molecule has 110 valence electrons. The highest BCUT2D eigenvalue weighted by atomic mass is 79.9. The van der Waals surface area contributed by atoms with E-state index in [-0.39, 0.29) is 5.69 Å². The van der Waals surface area contributed by atoms with Gasteiger partial charge in [-0.05, 0) is 54.0 Å². The first-order chi connectivity index (χ1) is 10.4. The number of nitriles is 1. The summed E-state index contributed by atoms with van der Waals surface area (Å²) >= 11 is 6.95. The number of hydrogen-bond donors (Lipinski definition) is 0. The van der Waals surface area contributed by atoms with Crippen molar-refractivity contribution in [1.29, 1.82) is 5.26 Å². The van der Waals surface area contributed by atoms with Gasteiger partial charge in [-0.1, -0.05) is 31.9 Å². The lowest BCUT2D eigenvalue weighted by Crippen LogP contribution is -1.89. The van der Waals surface area contributed by atoms with Gasteiger partial charge in [0.2, 0.25) is 0 Å². The highest BCUT2D eigenvalue weighted by Crippen LogP contribution is 2.28. The molecule has 0 aromatic heterocycles. The molecule has 4 nitrogen and oxygen atoms in total. The van der Waals surface area contributed by atoms with Gasteiger partial charge in [-0.3, -0.25) is 10.1 Å². The third-order valence-corrected chi connectivity index (χ3v) is 4.77. The number of rotatable bonds is 3. The molecule has 0 saturated heterocycles. The van der Waals surface area contributed by atoms with Crippen LogP contribution in [0.5, 0.6) is 0 Å². The summed E-state index contributed by atoms with van der Waals surface area (Å²) in [5.74, 6) is 0. The average molecular weight is 422 g/mol. The molecule has 0 amide bonds. The molecule has 0 atom stereocenters. The van der Waals surface area contributed by atoms with Crippen LogP contribution in [0.3, 0.4) is 0 Å². The lowest BCUT2D eigenvalue weighted by molar-refractivity contribution is -0.384. The van der Waals surface area contributed by atoms with Gasteiger partial charge < -0.3 is 0 Å². The number of nitro benzene ring substituents is 1. The van der Waals surface area contributed by atoms with Crippen molar-refractivity contribution in [3.63, 3.8) is 0 Å². The van der Waals surface area contributed by atoms with Crippen molar-refractivity contribution in [2.75, 3.05) is 0 Å². The van der Waals surface area contributed by atoms with Crippen molar-refractivity contribution < 1.29 is 4.92 Å². The van der Waals surface area contributed by atoms with E-state index in [0.29, 0.717) is 11.1 Å². The molecule has 0 unspecified atom stereocenters. The quantitative estimate of drug-likeness (QED) is 0.284. The molecule has 2 aromatic rings. The Hall–Kier alpha value is -1.97. The average Bonchev–Trinajstić information content (AvgIpc) is 2.50. The fraction of sp³-hybridized carbons (Fsp3) is 0.0625. The molecule has 0 spiro atoms. The van der Waals surface area contributed by atoms with Gasteiger partial charge in [0.05, 0.1) is 16.6 Å². The fourth-order valence-electron chi connectivity index (χ4n) is 1.86. The Morgan fingerprint density at radius 2 is 1.77 bits per heavy atom. The van der Waals surface area contributed by atoms with E-state index >= 15 is 0 Å². The Kier molecular flexibility index (Phi) is 5.11. The van der Waals surface area contributed by atoms with Crippen molar-refractivity contribution >= 4 is 49.2 Å². The largest absolute Gasteiger partial charge is 0.269 e. The molecule has 0 fully saturated rings. The normalized spacial score (nSPS) is 11.1. The van der Waals surface area contributed by atoms with Gasteiger partial charge in [-0.15, -0.1) is 0 Å². The van der Waals surface area contributed by atoms with Gasteiger partial charge in [0.25, 0.3) is 5.69 Å². The monoisotopic (exact) mass is 420 g/mol. The summed E-state index contributed by atoms with van der Waals surface area (Å²) in [6.07, 6.45) is 1.75. The van der Waals surface area contributed by atoms with Gasteiger partial charge in [-0.25, -0.2) is 0 Å². The third kappa shape index (κ3) is 3.62. The number of benzene rings is 2. The Labute approximate surface area is 144 Å². The van der Waals surface area contributed by atoms with Crippen LogP contribution < -0.4 is 0 Å². The molecule has 6 heteroatoms. The van der Waals surface area contributed by atoms with Gasteiger partial charge in [0, 0.05) is 21.1 Å². The van der Waals surface area contributed by atoms with Crippen molar-refractivity contribution in [1.82, 2.24) is 0 Å². The van der Waals surface area contributed by atoms with Gasteiger partial charge in [0.1, 0.15) is 0 Å². The summed E-state index contributed by atoms with van der Waals surface area (Å²) in [5, 5.41) is 20.0. The van der Waals surface area contributed by atoms with Crippen LogP contribution >= 0.6 is 31.9 Å². The minimum absolute atomic E-state index is 0.00173. The van der Waals surface area contributed by atoms with Gasteiger partial charge in [-0.2, -0.15) is 5.26 Å². The number of nitrogens with zero attached hydrogens (tertiary/aromatic N) is 2. The molecule has 0 aliphatic carbocycles. The second-order valence-electron chi connectivity index (χ2n) is 4.58. The smallest absolute Gasteiger partial charge is 0.258 e.